The lowest BCUT2D eigenvalue weighted by atomic mass is 10.2. The number of carbonyl (C=O) groups excluding carboxylic acids is 1. The molecule has 2 atom stereocenters. The van der Waals surface area contributed by atoms with E-state index in [0.29, 0.717) is 22.8 Å². The molecule has 24 heavy (non-hydrogen) atoms. The number of H-pyrrole nitrogens is 1. The van der Waals surface area contributed by atoms with Crippen LogP contribution >= 0.6 is 0 Å². The number of benzene rings is 1. The number of aliphatic hydroxyl groups excluding tert-OH is 1. The molecule has 1 aliphatic heterocycles. The molecule has 0 spiro atoms. The number of nitrogens with one attached hydrogen (secondary N) is 1. The first kappa shape index (κ1) is 14.6. The van der Waals surface area contributed by atoms with Gasteiger partial charge in [0.25, 0.3) is 0 Å². The van der Waals surface area contributed by atoms with Gasteiger partial charge in [0, 0.05) is 18.5 Å². The van der Waals surface area contributed by atoms with Gasteiger partial charge in [0.1, 0.15) is 11.6 Å². The molecule has 3 heterocycles. The Balaban J connectivity index is 1.88. The highest BCUT2D eigenvalue weighted by Crippen LogP contribution is 2.30. The molecule has 1 fully saturated rings. The quantitative estimate of drug-likeness (QED) is 0.643. The van der Waals surface area contributed by atoms with Crippen LogP contribution < -0.4 is 10.6 Å². The summed E-state index contributed by atoms with van der Waals surface area (Å²) in [5.41, 5.74) is 7.47. The van der Waals surface area contributed by atoms with Crippen molar-refractivity contribution >= 4 is 22.9 Å². The predicted molar refractivity (Wildman–Crippen MR) is 88.1 cm³/mol. The van der Waals surface area contributed by atoms with Crippen LogP contribution in [0.1, 0.15) is 6.42 Å². The number of aliphatic hydroxyl groups is 1. The van der Waals surface area contributed by atoms with Gasteiger partial charge in [0.15, 0.2) is 17.3 Å². The molecule has 1 aromatic carbocycles. The van der Waals surface area contributed by atoms with Gasteiger partial charge in [-0.3, -0.25) is 4.79 Å². The van der Waals surface area contributed by atoms with Crippen LogP contribution in [-0.2, 0) is 4.79 Å². The zero-order chi connectivity index (χ0) is 16.7. The first-order chi connectivity index (χ1) is 11.6. The van der Waals surface area contributed by atoms with Gasteiger partial charge in [-0.1, -0.05) is 30.3 Å². The number of aromatic amines is 1. The summed E-state index contributed by atoms with van der Waals surface area (Å²) in [7, 11) is 0. The molecule has 0 aliphatic carbocycles. The maximum Gasteiger partial charge on any atom is 0.240 e. The van der Waals surface area contributed by atoms with Gasteiger partial charge in [0.2, 0.25) is 5.91 Å². The molecule has 4 rings (SSSR count). The molecule has 4 N–H and O–H groups in total. The summed E-state index contributed by atoms with van der Waals surface area (Å²) in [5.74, 6) is 0.547. The number of carbonyl (C=O) groups is 1. The third-order valence-corrected chi connectivity index (χ3v) is 4.18. The molecule has 0 bridgehead atoms. The van der Waals surface area contributed by atoms with Crippen LogP contribution in [0.2, 0.25) is 0 Å². The van der Waals surface area contributed by atoms with Gasteiger partial charge in [0.05, 0.1) is 12.4 Å². The van der Waals surface area contributed by atoms with E-state index in [0.717, 1.165) is 5.56 Å². The van der Waals surface area contributed by atoms with E-state index in [4.69, 9.17) is 5.73 Å². The normalized spacial score (nSPS) is 20.6. The fourth-order valence-electron chi connectivity index (χ4n) is 3.06. The van der Waals surface area contributed by atoms with Crippen LogP contribution in [0.25, 0.3) is 22.6 Å². The lowest BCUT2D eigenvalue weighted by Crippen LogP contribution is -2.41. The van der Waals surface area contributed by atoms with Crippen molar-refractivity contribution in [2.24, 2.45) is 5.73 Å². The number of fused-ring (bicyclic) bond motifs is 1. The molecule has 0 unspecified atom stereocenters. The molecular weight excluding hydrogens is 308 g/mol. The Labute approximate surface area is 137 Å². The summed E-state index contributed by atoms with van der Waals surface area (Å²) in [6, 6.07) is 8.92. The highest BCUT2D eigenvalue weighted by Gasteiger charge is 2.37. The lowest BCUT2D eigenvalue weighted by molar-refractivity contribution is -0.119. The number of nitrogens with two attached hydrogens (primary N) is 1. The van der Waals surface area contributed by atoms with E-state index in [9.17, 15) is 9.90 Å². The SMILES string of the molecule is NC(=O)[C@H]1C[C@@H](O)CN1c1nc(-c2ccccc2)nc2nc[nH]c12. The number of rotatable bonds is 3. The van der Waals surface area contributed by atoms with Crippen molar-refractivity contribution in [1.29, 1.82) is 0 Å². The van der Waals surface area contributed by atoms with Crippen molar-refractivity contribution in [2.45, 2.75) is 18.6 Å². The van der Waals surface area contributed by atoms with Gasteiger partial charge >= 0.3 is 0 Å². The molecule has 122 valence electrons. The number of aromatic nitrogens is 4. The summed E-state index contributed by atoms with van der Waals surface area (Å²) >= 11 is 0. The fraction of sp³-hybridized carbons (Fsp3) is 0.250. The van der Waals surface area contributed by atoms with Gasteiger partial charge in [-0.15, -0.1) is 0 Å². The minimum atomic E-state index is -0.629. The maximum atomic E-state index is 11.8. The average Bonchev–Trinajstić information content (AvgIpc) is 3.21. The molecule has 8 nitrogen and oxygen atoms in total. The monoisotopic (exact) mass is 324 g/mol. The molecule has 1 saturated heterocycles. The van der Waals surface area contributed by atoms with Crippen LogP contribution in [0.3, 0.4) is 0 Å². The second kappa shape index (κ2) is 5.57. The van der Waals surface area contributed by atoms with Gasteiger partial charge in [-0.25, -0.2) is 15.0 Å². The van der Waals surface area contributed by atoms with Crippen molar-refractivity contribution in [3.8, 4) is 11.4 Å². The van der Waals surface area contributed by atoms with E-state index >= 15 is 0 Å². The zero-order valence-electron chi connectivity index (χ0n) is 12.8. The third-order valence-electron chi connectivity index (χ3n) is 4.18. The van der Waals surface area contributed by atoms with E-state index in [1.54, 1.807) is 4.90 Å². The Bertz CT molecular complexity index is 894. The molecule has 1 amide bonds. The number of β-amino-alcohol motifs (C(OH)–C–C–N with tert-alkyl or cyclic N) is 1. The van der Waals surface area contributed by atoms with Crippen molar-refractivity contribution < 1.29 is 9.90 Å². The number of hydrogen-bond donors (Lipinski definition) is 3. The van der Waals surface area contributed by atoms with E-state index in [-0.39, 0.29) is 13.0 Å². The second-order valence-corrected chi connectivity index (χ2v) is 5.80. The molecule has 1 aliphatic rings. The molecule has 2 aromatic heterocycles. The molecule has 8 heteroatoms. The average molecular weight is 324 g/mol. The van der Waals surface area contributed by atoms with Crippen molar-refractivity contribution in [3.05, 3.63) is 36.7 Å². The number of imidazole rings is 1. The first-order valence-electron chi connectivity index (χ1n) is 7.64. The zero-order valence-corrected chi connectivity index (χ0v) is 12.8. The van der Waals surface area contributed by atoms with Gasteiger partial charge in [-0.05, 0) is 0 Å². The predicted octanol–water partition coefficient (Wildman–Crippen LogP) is 0.445. The Hall–Kier alpha value is -3.00. The van der Waals surface area contributed by atoms with Crippen LogP contribution in [-0.4, -0.2) is 49.6 Å². The van der Waals surface area contributed by atoms with Gasteiger partial charge in [-0.2, -0.15) is 0 Å². The Morgan fingerprint density at radius 2 is 2.08 bits per heavy atom. The highest BCUT2D eigenvalue weighted by atomic mass is 16.3. The molecule has 0 saturated carbocycles. The topological polar surface area (TPSA) is 121 Å². The van der Waals surface area contributed by atoms with Crippen LogP contribution in [0.5, 0.6) is 0 Å². The number of hydrogen-bond acceptors (Lipinski definition) is 6. The summed E-state index contributed by atoms with van der Waals surface area (Å²) in [5, 5.41) is 9.97. The number of primary amides is 1. The number of nitrogens with zero attached hydrogens (tertiary/aromatic N) is 4. The standard InChI is InChI=1S/C16H16N6O2/c17-13(24)11-6-10(23)7-22(11)16-12-15(19-8-18-12)20-14(21-16)9-4-2-1-3-5-9/h1-5,8,10-11,23H,6-7H2,(H2,17,24)(H,18,19,20,21)/t10-,11-/m1/s1. The van der Waals surface area contributed by atoms with Crippen molar-refractivity contribution in [3.63, 3.8) is 0 Å². The van der Waals surface area contributed by atoms with Crippen LogP contribution in [0, 0.1) is 0 Å². The van der Waals surface area contributed by atoms with E-state index in [1.165, 1.54) is 6.33 Å². The summed E-state index contributed by atoms with van der Waals surface area (Å²) in [6.45, 7) is 0.285. The Morgan fingerprint density at radius 3 is 2.83 bits per heavy atom. The fourth-order valence-corrected chi connectivity index (χ4v) is 3.06. The largest absolute Gasteiger partial charge is 0.391 e. The summed E-state index contributed by atoms with van der Waals surface area (Å²) in [6.07, 6.45) is 1.19. The second-order valence-electron chi connectivity index (χ2n) is 5.80. The number of amides is 1. The smallest absolute Gasteiger partial charge is 0.240 e. The number of anilines is 1. The highest BCUT2D eigenvalue weighted by molar-refractivity contribution is 5.90. The van der Waals surface area contributed by atoms with E-state index in [2.05, 4.69) is 19.9 Å². The Morgan fingerprint density at radius 1 is 1.29 bits per heavy atom. The Kier molecular flexibility index (Phi) is 3.39. The third kappa shape index (κ3) is 2.37. The maximum absolute atomic E-state index is 11.8. The lowest BCUT2D eigenvalue weighted by Gasteiger charge is -2.23. The summed E-state index contributed by atoms with van der Waals surface area (Å²) < 4.78 is 0. The summed E-state index contributed by atoms with van der Waals surface area (Å²) in [4.78, 5) is 29.8. The van der Waals surface area contributed by atoms with Crippen LogP contribution in [0.15, 0.2) is 36.7 Å². The van der Waals surface area contributed by atoms with Crippen LogP contribution in [0.4, 0.5) is 5.82 Å². The van der Waals surface area contributed by atoms with Gasteiger partial charge < -0.3 is 20.7 Å². The van der Waals surface area contributed by atoms with Crippen molar-refractivity contribution in [2.75, 3.05) is 11.4 Å². The first-order valence-corrected chi connectivity index (χ1v) is 7.64. The molecular formula is C16H16N6O2. The minimum Gasteiger partial charge on any atom is -0.391 e. The van der Waals surface area contributed by atoms with E-state index in [1.807, 2.05) is 30.3 Å². The molecule has 3 aromatic rings. The minimum absolute atomic E-state index is 0.285. The van der Waals surface area contributed by atoms with Crippen molar-refractivity contribution in [1.82, 2.24) is 19.9 Å². The van der Waals surface area contributed by atoms with E-state index < -0.39 is 18.1 Å². The molecule has 0 radical (unpaired) electrons.